The first kappa shape index (κ1) is 8.24. The van der Waals surface area contributed by atoms with Gasteiger partial charge in [0.1, 0.15) is 6.29 Å². The summed E-state index contributed by atoms with van der Waals surface area (Å²) in [5, 5.41) is 0. The van der Waals surface area contributed by atoms with Crippen LogP contribution in [0.4, 0.5) is 0 Å². The fourth-order valence-electron chi connectivity index (χ4n) is 2.09. The third kappa shape index (κ3) is 1.21. The van der Waals surface area contributed by atoms with E-state index in [4.69, 9.17) is 0 Å². The minimum absolute atomic E-state index is 0.106. The van der Waals surface area contributed by atoms with E-state index < -0.39 is 0 Å². The predicted molar refractivity (Wildman–Crippen MR) is 52.6 cm³/mol. The maximum Gasteiger partial charge on any atom is 0.124 e. The smallest absolute Gasteiger partial charge is 0.124 e. The molecule has 1 aromatic rings. The highest BCUT2D eigenvalue weighted by molar-refractivity contribution is 5.61. The number of carbonyl (C=O) groups excluding carboxylic acids is 1. The van der Waals surface area contributed by atoms with Crippen molar-refractivity contribution < 1.29 is 4.79 Å². The van der Waals surface area contributed by atoms with Gasteiger partial charge >= 0.3 is 0 Å². The van der Waals surface area contributed by atoms with Crippen molar-refractivity contribution in [3.63, 3.8) is 0 Å². The van der Waals surface area contributed by atoms with Gasteiger partial charge in [0.15, 0.2) is 0 Å². The molecule has 2 rings (SSSR count). The van der Waals surface area contributed by atoms with E-state index in [1.165, 1.54) is 11.1 Å². The lowest BCUT2D eigenvalue weighted by atomic mass is 9.94. The first-order chi connectivity index (χ1) is 6.36. The lowest BCUT2D eigenvalue weighted by molar-refractivity contribution is -0.111. The zero-order valence-electron chi connectivity index (χ0n) is 7.44. The van der Waals surface area contributed by atoms with Gasteiger partial charge in [0.25, 0.3) is 0 Å². The molecule has 0 radical (unpaired) electrons. The highest BCUT2D eigenvalue weighted by Crippen LogP contribution is 2.37. The standard InChI is InChI=1S/C12H12O/c1-2-11-10(8-13)7-9-5-3-4-6-12(9)11/h2-6,8,10-11H,1,7H2/t10-,11-/m0/s1. The van der Waals surface area contributed by atoms with E-state index in [1.807, 2.05) is 18.2 Å². The van der Waals surface area contributed by atoms with Crippen LogP contribution in [0.1, 0.15) is 17.0 Å². The largest absolute Gasteiger partial charge is 0.303 e. The van der Waals surface area contributed by atoms with Gasteiger partial charge in [-0.25, -0.2) is 0 Å². The van der Waals surface area contributed by atoms with E-state index in [0.29, 0.717) is 0 Å². The second-order valence-corrected chi connectivity index (χ2v) is 3.46. The van der Waals surface area contributed by atoms with Crippen molar-refractivity contribution in [3.8, 4) is 0 Å². The van der Waals surface area contributed by atoms with Gasteiger partial charge in [-0.15, -0.1) is 6.58 Å². The minimum Gasteiger partial charge on any atom is -0.303 e. The molecule has 66 valence electrons. The number of aldehydes is 1. The number of hydrogen-bond donors (Lipinski definition) is 0. The highest BCUT2D eigenvalue weighted by Gasteiger charge is 2.29. The predicted octanol–water partition coefficient (Wildman–Crippen LogP) is 2.33. The number of fused-ring (bicyclic) bond motifs is 1. The summed E-state index contributed by atoms with van der Waals surface area (Å²) in [5.74, 6) is 0.337. The first-order valence-electron chi connectivity index (χ1n) is 4.52. The Balaban J connectivity index is 2.45. The molecule has 0 aliphatic heterocycles. The van der Waals surface area contributed by atoms with Crippen LogP contribution < -0.4 is 0 Å². The van der Waals surface area contributed by atoms with Gasteiger partial charge < -0.3 is 4.79 Å². The molecule has 1 aliphatic carbocycles. The lowest BCUT2D eigenvalue weighted by Gasteiger charge is -2.08. The van der Waals surface area contributed by atoms with Crippen molar-refractivity contribution in [2.75, 3.05) is 0 Å². The van der Waals surface area contributed by atoms with Crippen molar-refractivity contribution in [2.24, 2.45) is 5.92 Å². The molecular weight excluding hydrogens is 160 g/mol. The molecule has 0 heterocycles. The molecule has 0 saturated carbocycles. The van der Waals surface area contributed by atoms with Crippen LogP contribution in [0.2, 0.25) is 0 Å². The average Bonchev–Trinajstić information content (AvgIpc) is 2.55. The fraction of sp³-hybridized carbons (Fsp3) is 0.250. The zero-order chi connectivity index (χ0) is 9.26. The van der Waals surface area contributed by atoms with Crippen molar-refractivity contribution >= 4 is 6.29 Å². The summed E-state index contributed by atoms with van der Waals surface area (Å²) >= 11 is 0. The Morgan fingerprint density at radius 3 is 2.85 bits per heavy atom. The molecule has 2 atom stereocenters. The monoisotopic (exact) mass is 172 g/mol. The maximum absolute atomic E-state index is 10.8. The molecule has 0 unspecified atom stereocenters. The van der Waals surface area contributed by atoms with E-state index in [0.717, 1.165) is 12.7 Å². The number of hydrogen-bond acceptors (Lipinski definition) is 1. The van der Waals surface area contributed by atoms with Gasteiger partial charge in [-0.2, -0.15) is 0 Å². The number of benzene rings is 1. The molecule has 0 amide bonds. The fourth-order valence-corrected chi connectivity index (χ4v) is 2.09. The van der Waals surface area contributed by atoms with Crippen molar-refractivity contribution in [1.29, 1.82) is 0 Å². The topological polar surface area (TPSA) is 17.1 Å². The van der Waals surface area contributed by atoms with Crippen LogP contribution in [-0.2, 0) is 11.2 Å². The molecule has 0 fully saturated rings. The number of carbonyl (C=O) groups is 1. The Morgan fingerprint density at radius 1 is 1.38 bits per heavy atom. The Bertz CT molecular complexity index is 341. The second kappa shape index (κ2) is 3.17. The summed E-state index contributed by atoms with van der Waals surface area (Å²) in [6, 6.07) is 8.22. The lowest BCUT2D eigenvalue weighted by Crippen LogP contribution is -2.06. The molecule has 0 saturated heterocycles. The van der Waals surface area contributed by atoms with Crippen LogP contribution in [0.15, 0.2) is 36.9 Å². The molecule has 13 heavy (non-hydrogen) atoms. The van der Waals surface area contributed by atoms with Gasteiger partial charge in [0.2, 0.25) is 0 Å². The van der Waals surface area contributed by atoms with E-state index in [2.05, 4.69) is 18.7 Å². The van der Waals surface area contributed by atoms with Crippen LogP contribution in [0.25, 0.3) is 0 Å². The summed E-state index contributed by atoms with van der Waals surface area (Å²) in [5.41, 5.74) is 2.57. The van der Waals surface area contributed by atoms with E-state index in [-0.39, 0.29) is 11.8 Å². The number of allylic oxidation sites excluding steroid dienone is 1. The van der Waals surface area contributed by atoms with Gasteiger partial charge in [0, 0.05) is 11.8 Å². The van der Waals surface area contributed by atoms with Crippen molar-refractivity contribution in [3.05, 3.63) is 48.0 Å². The Morgan fingerprint density at radius 2 is 2.15 bits per heavy atom. The second-order valence-electron chi connectivity index (χ2n) is 3.46. The van der Waals surface area contributed by atoms with E-state index in [9.17, 15) is 4.79 Å². The molecule has 1 aromatic carbocycles. The van der Waals surface area contributed by atoms with E-state index >= 15 is 0 Å². The van der Waals surface area contributed by atoms with Crippen LogP contribution in [0.5, 0.6) is 0 Å². The van der Waals surface area contributed by atoms with Gasteiger partial charge in [-0.3, -0.25) is 0 Å². The average molecular weight is 172 g/mol. The van der Waals surface area contributed by atoms with E-state index in [1.54, 1.807) is 0 Å². The van der Waals surface area contributed by atoms with Gasteiger partial charge in [-0.1, -0.05) is 30.3 Å². The molecule has 0 aromatic heterocycles. The molecular formula is C12H12O. The molecule has 0 N–H and O–H groups in total. The minimum atomic E-state index is 0.106. The molecule has 0 spiro atoms. The van der Waals surface area contributed by atoms with Crippen LogP contribution in [0, 0.1) is 5.92 Å². The summed E-state index contributed by atoms with van der Waals surface area (Å²) in [6.45, 7) is 3.78. The Labute approximate surface area is 78.1 Å². The Hall–Kier alpha value is -1.37. The van der Waals surface area contributed by atoms with Crippen LogP contribution in [-0.4, -0.2) is 6.29 Å². The zero-order valence-corrected chi connectivity index (χ0v) is 7.44. The highest BCUT2D eigenvalue weighted by atomic mass is 16.1. The Kier molecular flexibility index (Phi) is 2.01. The van der Waals surface area contributed by atoms with Gasteiger partial charge in [-0.05, 0) is 17.5 Å². The molecule has 1 aliphatic rings. The normalized spacial score (nSPS) is 25.2. The summed E-state index contributed by atoms with van der Waals surface area (Å²) in [4.78, 5) is 10.8. The third-order valence-electron chi connectivity index (χ3n) is 2.76. The summed E-state index contributed by atoms with van der Waals surface area (Å²) in [6.07, 6.45) is 3.80. The summed E-state index contributed by atoms with van der Waals surface area (Å²) < 4.78 is 0. The summed E-state index contributed by atoms with van der Waals surface area (Å²) in [7, 11) is 0. The van der Waals surface area contributed by atoms with Gasteiger partial charge in [0.05, 0.1) is 0 Å². The molecule has 1 heteroatoms. The third-order valence-corrected chi connectivity index (χ3v) is 2.76. The molecule has 1 nitrogen and oxygen atoms in total. The van der Waals surface area contributed by atoms with Crippen molar-refractivity contribution in [2.45, 2.75) is 12.3 Å². The van der Waals surface area contributed by atoms with Crippen molar-refractivity contribution in [1.82, 2.24) is 0 Å². The SMILES string of the molecule is C=C[C@@H]1c2ccccc2C[C@H]1C=O. The van der Waals surface area contributed by atoms with Crippen LogP contribution >= 0.6 is 0 Å². The number of rotatable bonds is 2. The quantitative estimate of drug-likeness (QED) is 0.494. The molecule has 0 bridgehead atoms. The first-order valence-corrected chi connectivity index (χ1v) is 4.52. The van der Waals surface area contributed by atoms with Crippen LogP contribution in [0.3, 0.4) is 0 Å². The maximum atomic E-state index is 10.8.